The average molecular weight is 365 g/mol. The first-order chi connectivity index (χ1) is 9.31. The van der Waals surface area contributed by atoms with Gasteiger partial charge in [0.1, 0.15) is 5.82 Å². The highest BCUT2D eigenvalue weighted by molar-refractivity contribution is 9.10. The summed E-state index contributed by atoms with van der Waals surface area (Å²) in [4.78, 5) is 13.3. The summed E-state index contributed by atoms with van der Waals surface area (Å²) < 4.78 is 52.3. The summed E-state index contributed by atoms with van der Waals surface area (Å²) in [5.74, 6) is -1.97. The van der Waals surface area contributed by atoms with Crippen molar-refractivity contribution in [2.75, 3.05) is 4.72 Å². The zero-order valence-corrected chi connectivity index (χ0v) is 12.1. The van der Waals surface area contributed by atoms with Gasteiger partial charge in [0.2, 0.25) is 5.43 Å². The van der Waals surface area contributed by atoms with Gasteiger partial charge in [-0.15, -0.1) is 0 Å². The van der Waals surface area contributed by atoms with Gasteiger partial charge in [-0.05, 0) is 22.0 Å². The van der Waals surface area contributed by atoms with Crippen molar-refractivity contribution in [2.24, 2.45) is 0 Å². The first-order valence-electron chi connectivity index (χ1n) is 5.16. The quantitative estimate of drug-likeness (QED) is 0.876. The number of halogens is 3. The predicted octanol–water partition coefficient (Wildman–Crippen LogP) is 2.22. The molecule has 20 heavy (non-hydrogen) atoms. The summed E-state index contributed by atoms with van der Waals surface area (Å²) in [7, 11) is -4.29. The smallest absolute Gasteiger partial charge is 0.267 e. The molecular weight excluding hydrogens is 358 g/mol. The Morgan fingerprint density at radius 3 is 2.55 bits per heavy atom. The highest BCUT2D eigenvalue weighted by atomic mass is 79.9. The third-order valence-corrected chi connectivity index (χ3v) is 4.32. The molecule has 2 aromatic rings. The second-order valence-electron chi connectivity index (χ2n) is 3.72. The lowest BCUT2D eigenvalue weighted by Crippen LogP contribution is -2.21. The molecule has 0 aliphatic heterocycles. The summed E-state index contributed by atoms with van der Waals surface area (Å²) in [5, 5.41) is 0. The van der Waals surface area contributed by atoms with Crippen molar-refractivity contribution in [3.63, 3.8) is 0 Å². The highest BCUT2D eigenvalue weighted by Gasteiger charge is 2.21. The van der Waals surface area contributed by atoms with E-state index in [-0.39, 0.29) is 4.47 Å². The molecule has 0 bridgehead atoms. The molecule has 0 aliphatic rings. The van der Waals surface area contributed by atoms with E-state index in [1.807, 2.05) is 4.72 Å². The second-order valence-corrected chi connectivity index (χ2v) is 6.23. The van der Waals surface area contributed by atoms with E-state index >= 15 is 0 Å². The summed E-state index contributed by atoms with van der Waals surface area (Å²) in [6.45, 7) is 0. The second kappa shape index (κ2) is 5.33. The van der Waals surface area contributed by atoms with Crippen LogP contribution in [0, 0.1) is 11.6 Å². The molecule has 0 amide bonds. The SMILES string of the molecule is O=c1cc[nH]cc1S(=O)(=O)Nc1c(F)cc(F)cc1Br. The molecule has 0 saturated carbocycles. The molecule has 9 heteroatoms. The van der Waals surface area contributed by atoms with Crippen LogP contribution in [0.3, 0.4) is 0 Å². The molecule has 2 rings (SSSR count). The lowest BCUT2D eigenvalue weighted by molar-refractivity contribution is 0.581. The summed E-state index contributed by atoms with van der Waals surface area (Å²) >= 11 is 2.85. The Bertz CT molecular complexity index is 797. The van der Waals surface area contributed by atoms with Gasteiger partial charge < -0.3 is 4.98 Å². The van der Waals surface area contributed by atoms with Crippen molar-refractivity contribution < 1.29 is 17.2 Å². The minimum absolute atomic E-state index is 0.120. The molecule has 106 valence electrons. The Balaban J connectivity index is 2.50. The number of pyridine rings is 1. The van der Waals surface area contributed by atoms with E-state index in [0.717, 1.165) is 18.3 Å². The molecule has 5 nitrogen and oxygen atoms in total. The van der Waals surface area contributed by atoms with E-state index in [9.17, 15) is 22.0 Å². The third kappa shape index (κ3) is 2.88. The molecular formula is C11H7BrF2N2O3S. The Morgan fingerprint density at radius 2 is 1.95 bits per heavy atom. The van der Waals surface area contributed by atoms with Crippen LogP contribution in [0.1, 0.15) is 0 Å². The largest absolute Gasteiger partial charge is 0.366 e. The van der Waals surface area contributed by atoms with Gasteiger partial charge in [0.05, 0.1) is 5.69 Å². The number of aromatic amines is 1. The van der Waals surface area contributed by atoms with E-state index < -0.39 is 37.7 Å². The van der Waals surface area contributed by atoms with Crippen molar-refractivity contribution >= 4 is 31.6 Å². The molecule has 0 radical (unpaired) electrons. The Kier molecular flexibility index (Phi) is 3.91. The van der Waals surface area contributed by atoms with Crippen LogP contribution in [0.25, 0.3) is 0 Å². The third-order valence-electron chi connectivity index (χ3n) is 2.32. The van der Waals surface area contributed by atoms with Gasteiger partial charge in [-0.3, -0.25) is 9.52 Å². The Hall–Kier alpha value is -1.74. The number of sulfonamides is 1. The number of rotatable bonds is 3. The molecule has 0 saturated heterocycles. The fraction of sp³-hybridized carbons (Fsp3) is 0. The Morgan fingerprint density at radius 1 is 1.25 bits per heavy atom. The fourth-order valence-electron chi connectivity index (χ4n) is 1.44. The average Bonchev–Trinajstić information content (AvgIpc) is 2.34. The molecule has 0 unspecified atom stereocenters. The van der Waals surface area contributed by atoms with Gasteiger partial charge >= 0.3 is 0 Å². The molecule has 0 spiro atoms. The molecule has 1 aromatic carbocycles. The van der Waals surface area contributed by atoms with E-state index in [1.54, 1.807) is 0 Å². The van der Waals surface area contributed by atoms with Gasteiger partial charge in [-0.1, -0.05) is 0 Å². The highest BCUT2D eigenvalue weighted by Crippen LogP contribution is 2.28. The lowest BCUT2D eigenvalue weighted by Gasteiger charge is -2.10. The van der Waals surface area contributed by atoms with Gasteiger partial charge in [0.25, 0.3) is 10.0 Å². The van der Waals surface area contributed by atoms with Crippen LogP contribution in [0.4, 0.5) is 14.5 Å². The van der Waals surface area contributed by atoms with Crippen LogP contribution in [0.5, 0.6) is 0 Å². The van der Waals surface area contributed by atoms with Crippen molar-refractivity contribution in [1.82, 2.24) is 4.98 Å². The molecule has 0 fully saturated rings. The summed E-state index contributed by atoms with van der Waals surface area (Å²) in [6.07, 6.45) is 2.23. The molecule has 0 atom stereocenters. The first kappa shape index (κ1) is 14.7. The van der Waals surface area contributed by atoms with Crippen molar-refractivity contribution in [2.45, 2.75) is 4.90 Å². The number of nitrogens with one attached hydrogen (secondary N) is 2. The van der Waals surface area contributed by atoms with Crippen LogP contribution in [0.15, 0.2) is 44.8 Å². The number of H-pyrrole nitrogens is 1. The fourth-order valence-corrected chi connectivity index (χ4v) is 3.22. The number of aromatic nitrogens is 1. The zero-order chi connectivity index (χ0) is 14.9. The topological polar surface area (TPSA) is 79.0 Å². The standard InChI is InChI=1S/C11H7BrF2N2O3S/c12-7-3-6(13)4-8(14)11(7)16-20(18,19)10-5-15-2-1-9(10)17/h1-5,16H,(H,15,17). The van der Waals surface area contributed by atoms with Gasteiger partial charge in [-0.25, -0.2) is 17.2 Å². The normalized spacial score (nSPS) is 11.3. The number of hydrogen-bond acceptors (Lipinski definition) is 3. The minimum atomic E-state index is -4.29. The molecule has 1 heterocycles. The predicted molar refractivity (Wildman–Crippen MR) is 71.9 cm³/mol. The maximum absolute atomic E-state index is 13.6. The van der Waals surface area contributed by atoms with Crippen LogP contribution >= 0.6 is 15.9 Å². The van der Waals surface area contributed by atoms with E-state index in [2.05, 4.69) is 20.9 Å². The van der Waals surface area contributed by atoms with E-state index in [0.29, 0.717) is 6.07 Å². The Labute approximate surface area is 120 Å². The van der Waals surface area contributed by atoms with Crippen molar-refractivity contribution in [1.29, 1.82) is 0 Å². The van der Waals surface area contributed by atoms with Crippen molar-refractivity contribution in [3.8, 4) is 0 Å². The zero-order valence-electron chi connectivity index (χ0n) is 9.65. The first-order valence-corrected chi connectivity index (χ1v) is 7.43. The number of anilines is 1. The van der Waals surface area contributed by atoms with Crippen LogP contribution in [-0.2, 0) is 10.0 Å². The monoisotopic (exact) mass is 364 g/mol. The van der Waals surface area contributed by atoms with Gasteiger partial charge in [0.15, 0.2) is 10.7 Å². The molecule has 0 aliphatic carbocycles. The van der Waals surface area contributed by atoms with Gasteiger partial charge in [-0.2, -0.15) is 0 Å². The summed E-state index contributed by atoms with van der Waals surface area (Å²) in [6, 6.07) is 2.44. The number of benzene rings is 1. The van der Waals surface area contributed by atoms with Crippen LogP contribution in [0.2, 0.25) is 0 Å². The number of hydrogen-bond donors (Lipinski definition) is 2. The van der Waals surface area contributed by atoms with Crippen LogP contribution < -0.4 is 10.2 Å². The van der Waals surface area contributed by atoms with E-state index in [4.69, 9.17) is 0 Å². The maximum atomic E-state index is 13.6. The summed E-state index contributed by atoms with van der Waals surface area (Å²) in [5.41, 5.74) is -1.23. The van der Waals surface area contributed by atoms with E-state index in [1.165, 1.54) is 6.20 Å². The van der Waals surface area contributed by atoms with Crippen LogP contribution in [-0.4, -0.2) is 13.4 Å². The molecule has 2 N–H and O–H groups in total. The maximum Gasteiger partial charge on any atom is 0.267 e. The van der Waals surface area contributed by atoms with Crippen molar-refractivity contribution in [3.05, 3.63) is 56.9 Å². The molecule has 1 aromatic heterocycles. The van der Waals surface area contributed by atoms with Gasteiger partial charge in [0, 0.05) is 29.0 Å². The lowest BCUT2D eigenvalue weighted by atomic mass is 10.3. The minimum Gasteiger partial charge on any atom is -0.366 e.